The van der Waals surface area contributed by atoms with Gasteiger partial charge in [0.2, 0.25) is 0 Å². The summed E-state index contributed by atoms with van der Waals surface area (Å²) < 4.78 is 34.0. The molecule has 1 aromatic rings. The van der Waals surface area contributed by atoms with Gasteiger partial charge >= 0.3 is 0 Å². The molecule has 88 valence electrons. The van der Waals surface area contributed by atoms with E-state index in [2.05, 4.69) is 5.73 Å². The van der Waals surface area contributed by atoms with Gasteiger partial charge in [0, 0.05) is 11.1 Å². The summed E-state index contributed by atoms with van der Waals surface area (Å²) in [6.07, 6.45) is 0. The van der Waals surface area contributed by atoms with Crippen LogP contribution in [-0.2, 0) is 0 Å². The Bertz CT molecular complexity index is 297. The van der Waals surface area contributed by atoms with Crippen LogP contribution in [0.15, 0.2) is 18.2 Å². The first-order valence-electron chi connectivity index (χ1n) is 3.09. The van der Waals surface area contributed by atoms with Crippen LogP contribution < -0.4 is 24.4 Å². The van der Waals surface area contributed by atoms with Gasteiger partial charge < -0.3 is 11.2 Å². The molecule has 5 N–H and O–H groups in total. The van der Waals surface area contributed by atoms with Gasteiger partial charge in [0.15, 0.2) is 0 Å². The number of halogens is 3. The summed E-state index contributed by atoms with van der Waals surface area (Å²) in [5, 5.41) is 1.32. The number of quaternary nitrogens is 1. The molecule has 0 fully saturated rings. The minimum absolute atomic E-state index is 0. The molecule has 0 aliphatic rings. The van der Waals surface area contributed by atoms with E-state index in [0.29, 0.717) is 10.0 Å². The van der Waals surface area contributed by atoms with Crippen molar-refractivity contribution in [3.8, 4) is 0 Å². The van der Waals surface area contributed by atoms with E-state index < -0.39 is 10.2 Å². The normalized spacial score (nSPS) is 9.80. The first-order valence-corrected chi connectivity index (χ1v) is 5.08. The van der Waals surface area contributed by atoms with Gasteiger partial charge in [0.05, 0.1) is 0 Å². The Morgan fingerprint density at radius 2 is 1.47 bits per heavy atom. The zero-order chi connectivity index (χ0) is 11.4. The maximum atomic E-state index is 8.49. The van der Waals surface area contributed by atoms with Crippen LogP contribution in [0.5, 0.6) is 0 Å². The lowest BCUT2D eigenvalue weighted by Crippen LogP contribution is -2.68. The summed E-state index contributed by atoms with van der Waals surface area (Å²) in [6, 6.07) is 5.19. The third-order valence-electron chi connectivity index (χ3n) is 1.01. The highest BCUT2D eigenvalue weighted by Gasteiger charge is 1.97. The van der Waals surface area contributed by atoms with Crippen LogP contribution in [0.1, 0.15) is 0 Å². The molecule has 0 spiro atoms. The number of hydrogen-bond acceptors (Lipinski definition) is 4. The molecule has 0 aliphatic heterocycles. The van der Waals surface area contributed by atoms with E-state index in [9.17, 15) is 0 Å². The monoisotopic (exact) mass is 279 g/mol. The summed E-state index contributed by atoms with van der Waals surface area (Å²) in [4.78, 5) is 0. The van der Waals surface area contributed by atoms with Crippen LogP contribution in [0, 0.1) is 10.2 Å². The summed E-state index contributed by atoms with van der Waals surface area (Å²) in [5.41, 5.74) is 4.43. The Balaban J connectivity index is 0. The number of rotatable bonds is 0. The smallest absolute Gasteiger partial charge is 0.148 e. The summed E-state index contributed by atoms with van der Waals surface area (Å²) in [6.45, 7) is 0. The largest absolute Gasteiger partial charge is 0.412 e. The quantitative estimate of drug-likeness (QED) is 0.519. The van der Waals surface area contributed by atoms with Gasteiger partial charge in [-0.15, -0.1) is 10.2 Å². The van der Waals surface area contributed by atoms with E-state index in [-0.39, 0.29) is 5.48 Å². The lowest BCUT2D eigenvalue weighted by atomic mass is 10.3. The average Bonchev–Trinajstić information content (AvgIpc) is 1.94. The van der Waals surface area contributed by atoms with Gasteiger partial charge in [-0.1, -0.05) is 23.2 Å². The predicted octanol–water partition coefficient (Wildman–Crippen LogP) is -3.71. The second-order valence-corrected chi connectivity index (χ2v) is 3.71. The SMILES string of the molecule is O.[NH3+]c1cc(Cl)ccc1Cl.[O-][Cl+3]([O-])([O-])[O-]. The predicted molar refractivity (Wildman–Crippen MR) is 42.6 cm³/mol. The fraction of sp³-hybridized carbons (Fsp3) is 0. The molecular formula is C6H8Cl3NO5. The molecule has 0 heterocycles. The molecule has 6 nitrogen and oxygen atoms in total. The van der Waals surface area contributed by atoms with E-state index in [0.717, 1.165) is 5.69 Å². The van der Waals surface area contributed by atoms with Crippen molar-refractivity contribution in [1.82, 2.24) is 0 Å². The van der Waals surface area contributed by atoms with Crippen LogP contribution in [-0.4, -0.2) is 5.48 Å². The van der Waals surface area contributed by atoms with E-state index in [1.165, 1.54) is 0 Å². The van der Waals surface area contributed by atoms with Crippen LogP contribution in [0.3, 0.4) is 0 Å². The maximum Gasteiger partial charge on any atom is 0.148 e. The fourth-order valence-electron chi connectivity index (χ4n) is 0.543. The molecule has 1 rings (SSSR count). The first-order chi connectivity index (χ1) is 6.20. The maximum absolute atomic E-state index is 8.49. The minimum Gasteiger partial charge on any atom is -0.412 e. The molecule has 9 heteroatoms. The molecule has 0 aliphatic carbocycles. The summed E-state index contributed by atoms with van der Waals surface area (Å²) >= 11 is 11.3. The Labute approximate surface area is 97.5 Å². The molecule has 0 aromatic heterocycles. The van der Waals surface area contributed by atoms with Crippen molar-refractivity contribution in [2.45, 2.75) is 0 Å². The van der Waals surface area contributed by atoms with Crippen molar-refractivity contribution in [3.05, 3.63) is 28.2 Å². The van der Waals surface area contributed by atoms with Gasteiger partial charge in [-0.25, -0.2) is 18.6 Å². The molecule has 0 unspecified atom stereocenters. The second kappa shape index (κ2) is 7.18. The van der Waals surface area contributed by atoms with Crippen LogP contribution >= 0.6 is 23.2 Å². The van der Waals surface area contributed by atoms with Crippen molar-refractivity contribution >= 4 is 28.9 Å². The lowest BCUT2D eigenvalue weighted by Gasteiger charge is -2.17. The molecule has 0 saturated carbocycles. The molecular weight excluding hydrogens is 272 g/mol. The van der Waals surface area contributed by atoms with E-state index in [4.69, 9.17) is 41.8 Å². The van der Waals surface area contributed by atoms with Gasteiger partial charge in [0.25, 0.3) is 0 Å². The van der Waals surface area contributed by atoms with Gasteiger partial charge in [-0.3, -0.25) is 0 Å². The second-order valence-electron chi connectivity index (χ2n) is 2.11. The standard InChI is InChI=1S/C6H5Cl2N.ClHO4.H2O/c7-4-1-2-5(8)6(9)3-4;2-1(3,4)5;/h1-3H,9H2;(H,2,3,4,5);1H2. The zero-order valence-electron chi connectivity index (χ0n) is 7.21. The molecule has 0 atom stereocenters. The molecule has 0 amide bonds. The summed E-state index contributed by atoms with van der Waals surface area (Å²) in [5.74, 6) is 0. The number of hydrogen-bond donors (Lipinski definition) is 1. The highest BCUT2D eigenvalue weighted by Crippen LogP contribution is 2.20. The van der Waals surface area contributed by atoms with Crippen LogP contribution in [0.4, 0.5) is 5.69 Å². The third-order valence-corrected chi connectivity index (χ3v) is 1.61. The van der Waals surface area contributed by atoms with Gasteiger partial charge in [0.1, 0.15) is 10.7 Å². The van der Waals surface area contributed by atoms with Crippen molar-refractivity contribution in [2.24, 2.45) is 0 Å². The highest BCUT2D eigenvalue weighted by molar-refractivity contribution is 6.34. The molecule has 1 aromatic carbocycles. The number of benzene rings is 1. The Kier molecular flexibility index (Phi) is 8.25. The van der Waals surface area contributed by atoms with Gasteiger partial charge in [-0.05, 0) is 12.1 Å². The average molecular weight is 280 g/mol. The topological polar surface area (TPSA) is 151 Å². The highest BCUT2D eigenvalue weighted by atomic mass is 35.7. The van der Waals surface area contributed by atoms with Gasteiger partial charge in [-0.2, -0.15) is 0 Å². The fourth-order valence-corrected chi connectivity index (χ4v) is 0.856. The molecule has 0 radical (unpaired) electrons. The van der Waals surface area contributed by atoms with E-state index in [1.807, 2.05) is 0 Å². The van der Waals surface area contributed by atoms with E-state index >= 15 is 0 Å². The van der Waals surface area contributed by atoms with Crippen molar-refractivity contribution in [1.29, 1.82) is 0 Å². The Morgan fingerprint density at radius 3 is 1.73 bits per heavy atom. The Morgan fingerprint density at radius 1 is 1.07 bits per heavy atom. The zero-order valence-corrected chi connectivity index (χ0v) is 9.47. The first kappa shape index (κ1) is 17.3. The summed E-state index contributed by atoms with van der Waals surface area (Å²) in [7, 11) is -4.94. The van der Waals surface area contributed by atoms with Crippen molar-refractivity contribution in [3.63, 3.8) is 0 Å². The Hall–Kier alpha value is -0.150. The van der Waals surface area contributed by atoms with Crippen LogP contribution in [0.2, 0.25) is 10.0 Å². The minimum atomic E-state index is -4.94. The van der Waals surface area contributed by atoms with Crippen LogP contribution in [0.25, 0.3) is 0 Å². The van der Waals surface area contributed by atoms with Crippen molar-refractivity contribution in [2.75, 3.05) is 0 Å². The molecule has 0 saturated heterocycles. The lowest BCUT2D eigenvalue weighted by molar-refractivity contribution is -2.00. The third kappa shape index (κ3) is 11.8. The molecule has 15 heavy (non-hydrogen) atoms. The molecule has 0 bridgehead atoms. The van der Waals surface area contributed by atoms with Crippen molar-refractivity contribution < 1.29 is 40.1 Å². The van der Waals surface area contributed by atoms with E-state index in [1.54, 1.807) is 18.2 Å².